The normalized spacial score (nSPS) is 14.1. The van der Waals surface area contributed by atoms with Crippen LogP contribution in [0.5, 0.6) is 5.75 Å². The van der Waals surface area contributed by atoms with Gasteiger partial charge in [0.2, 0.25) is 5.91 Å². The summed E-state index contributed by atoms with van der Waals surface area (Å²) >= 11 is 0. The number of carbonyl (C=O) groups is 1. The van der Waals surface area contributed by atoms with Crippen LogP contribution in [0.3, 0.4) is 0 Å². The maximum absolute atomic E-state index is 12.8. The third kappa shape index (κ3) is 3.64. The van der Waals surface area contributed by atoms with Crippen molar-refractivity contribution in [1.82, 2.24) is 0 Å². The molecule has 27 heavy (non-hydrogen) atoms. The quantitative estimate of drug-likeness (QED) is 0.852. The van der Waals surface area contributed by atoms with Crippen molar-refractivity contribution in [3.05, 3.63) is 47.0 Å². The highest BCUT2D eigenvalue weighted by atomic mass is 32.2. The SMILES string of the molecule is CCN1C(=O)CCc2cc(NS(=O)(=O)c3cc(C)c(OC)c(C)c3)ccc21. The maximum atomic E-state index is 12.8. The minimum Gasteiger partial charge on any atom is -0.496 e. The van der Waals surface area contributed by atoms with Gasteiger partial charge in [0.15, 0.2) is 0 Å². The zero-order chi connectivity index (χ0) is 19.8. The first-order valence-corrected chi connectivity index (χ1v) is 10.4. The topological polar surface area (TPSA) is 75.7 Å². The lowest BCUT2D eigenvalue weighted by Gasteiger charge is -2.28. The number of nitrogens with zero attached hydrogens (tertiary/aromatic N) is 1. The van der Waals surface area contributed by atoms with Gasteiger partial charge in [-0.05, 0) is 74.2 Å². The number of anilines is 2. The van der Waals surface area contributed by atoms with Gasteiger partial charge in [0.1, 0.15) is 5.75 Å². The third-order valence-electron chi connectivity index (χ3n) is 4.80. The second kappa shape index (κ2) is 7.23. The van der Waals surface area contributed by atoms with Crippen molar-refractivity contribution in [2.24, 2.45) is 0 Å². The molecule has 0 saturated carbocycles. The number of hydrogen-bond donors (Lipinski definition) is 1. The highest BCUT2D eigenvalue weighted by molar-refractivity contribution is 7.92. The fourth-order valence-electron chi connectivity index (χ4n) is 3.57. The lowest BCUT2D eigenvalue weighted by Crippen LogP contribution is -2.34. The van der Waals surface area contributed by atoms with Crippen molar-refractivity contribution in [2.45, 2.75) is 38.5 Å². The van der Waals surface area contributed by atoms with Crippen LogP contribution in [0.15, 0.2) is 35.2 Å². The van der Waals surface area contributed by atoms with Gasteiger partial charge in [-0.2, -0.15) is 0 Å². The van der Waals surface area contributed by atoms with Crippen molar-refractivity contribution in [2.75, 3.05) is 23.3 Å². The minimum atomic E-state index is -3.73. The minimum absolute atomic E-state index is 0.0995. The summed E-state index contributed by atoms with van der Waals surface area (Å²) in [6, 6.07) is 8.51. The molecule has 0 radical (unpaired) electrons. The van der Waals surface area contributed by atoms with Crippen LogP contribution in [-0.4, -0.2) is 28.0 Å². The lowest BCUT2D eigenvalue weighted by atomic mass is 10.0. The molecule has 1 aliphatic heterocycles. The van der Waals surface area contributed by atoms with E-state index in [2.05, 4.69) is 4.72 Å². The number of carbonyl (C=O) groups excluding carboxylic acids is 1. The molecule has 2 aromatic rings. The second-order valence-corrected chi connectivity index (χ2v) is 8.36. The van der Waals surface area contributed by atoms with Gasteiger partial charge in [-0.1, -0.05) is 0 Å². The van der Waals surface area contributed by atoms with Crippen molar-refractivity contribution in [1.29, 1.82) is 0 Å². The van der Waals surface area contributed by atoms with Crippen LogP contribution in [0, 0.1) is 13.8 Å². The highest BCUT2D eigenvalue weighted by Gasteiger charge is 2.24. The van der Waals surface area contributed by atoms with E-state index in [1.54, 1.807) is 36.3 Å². The van der Waals surface area contributed by atoms with Crippen LogP contribution < -0.4 is 14.4 Å². The van der Waals surface area contributed by atoms with Gasteiger partial charge in [0, 0.05) is 24.3 Å². The number of ether oxygens (including phenoxy) is 1. The molecule has 0 aromatic heterocycles. The molecule has 0 fully saturated rings. The molecule has 1 heterocycles. The standard InChI is InChI=1S/C20H24N2O4S/c1-5-22-18-8-7-16(12-15(18)6-9-19(22)23)21-27(24,25)17-10-13(2)20(26-4)14(3)11-17/h7-8,10-12,21H,5-6,9H2,1-4H3. The predicted octanol–water partition coefficient (Wildman–Crippen LogP) is 3.41. The molecule has 0 aliphatic carbocycles. The molecule has 1 aliphatic rings. The number of amides is 1. The Kier molecular flexibility index (Phi) is 5.15. The summed E-state index contributed by atoms with van der Waals surface area (Å²) < 4.78 is 33.6. The summed E-state index contributed by atoms with van der Waals surface area (Å²) in [5.41, 5.74) is 3.85. The molecule has 0 atom stereocenters. The van der Waals surface area contributed by atoms with Gasteiger partial charge in [-0.15, -0.1) is 0 Å². The number of sulfonamides is 1. The summed E-state index contributed by atoms with van der Waals surface area (Å²) in [4.78, 5) is 13.9. The first-order chi connectivity index (χ1) is 12.8. The number of rotatable bonds is 5. The molecule has 0 saturated heterocycles. The number of methoxy groups -OCH3 is 1. The molecule has 144 valence electrons. The maximum Gasteiger partial charge on any atom is 0.261 e. The van der Waals surface area contributed by atoms with E-state index in [0.717, 1.165) is 22.4 Å². The van der Waals surface area contributed by atoms with Crippen LogP contribution in [0.25, 0.3) is 0 Å². The predicted molar refractivity (Wildman–Crippen MR) is 106 cm³/mol. The van der Waals surface area contributed by atoms with E-state index < -0.39 is 10.0 Å². The summed E-state index contributed by atoms with van der Waals surface area (Å²) in [7, 11) is -2.16. The first-order valence-electron chi connectivity index (χ1n) is 8.88. The lowest BCUT2D eigenvalue weighted by molar-refractivity contribution is -0.118. The summed E-state index contributed by atoms with van der Waals surface area (Å²) in [6.07, 6.45) is 1.05. The summed E-state index contributed by atoms with van der Waals surface area (Å²) in [5, 5.41) is 0. The Labute approximate surface area is 160 Å². The molecule has 6 nitrogen and oxygen atoms in total. The molecule has 2 aromatic carbocycles. The first kappa shape index (κ1) is 19.2. The molecule has 3 rings (SSSR count). The van der Waals surface area contributed by atoms with Gasteiger partial charge in [0.05, 0.1) is 12.0 Å². The Bertz CT molecular complexity index is 976. The zero-order valence-corrected chi connectivity index (χ0v) is 16.8. The molecule has 0 spiro atoms. The Morgan fingerprint density at radius 2 is 1.78 bits per heavy atom. The van der Waals surface area contributed by atoms with Crippen molar-refractivity contribution in [3.63, 3.8) is 0 Å². The number of benzene rings is 2. The Morgan fingerprint density at radius 3 is 2.37 bits per heavy atom. The van der Waals surface area contributed by atoms with Crippen LogP contribution >= 0.6 is 0 Å². The average Bonchev–Trinajstić information content (AvgIpc) is 2.61. The Balaban J connectivity index is 1.92. The smallest absolute Gasteiger partial charge is 0.261 e. The van der Waals surface area contributed by atoms with Crippen LogP contribution in [0.1, 0.15) is 30.0 Å². The van der Waals surface area contributed by atoms with Crippen molar-refractivity contribution in [3.8, 4) is 5.75 Å². The number of fused-ring (bicyclic) bond motifs is 1. The van der Waals surface area contributed by atoms with Crippen molar-refractivity contribution < 1.29 is 17.9 Å². The molecular weight excluding hydrogens is 364 g/mol. The molecule has 1 amide bonds. The van der Waals surface area contributed by atoms with Crippen molar-refractivity contribution >= 4 is 27.3 Å². The average molecular weight is 388 g/mol. The van der Waals surface area contributed by atoms with E-state index in [-0.39, 0.29) is 10.8 Å². The Hall–Kier alpha value is -2.54. The molecule has 1 N–H and O–H groups in total. The van der Waals surface area contributed by atoms with Gasteiger partial charge < -0.3 is 9.64 Å². The molecule has 0 unspecified atom stereocenters. The Morgan fingerprint density at radius 1 is 1.11 bits per heavy atom. The van der Waals surface area contributed by atoms with E-state index in [1.165, 1.54) is 0 Å². The monoisotopic (exact) mass is 388 g/mol. The van der Waals surface area contributed by atoms with Gasteiger partial charge >= 0.3 is 0 Å². The molecule has 0 bridgehead atoms. The van der Waals surface area contributed by atoms with Crippen LogP contribution in [0.2, 0.25) is 0 Å². The van der Waals surface area contributed by atoms with Gasteiger partial charge in [-0.3, -0.25) is 9.52 Å². The number of aryl methyl sites for hydroxylation is 3. The molecular formula is C20H24N2O4S. The van der Waals surface area contributed by atoms with E-state index in [0.29, 0.717) is 30.8 Å². The van der Waals surface area contributed by atoms with Gasteiger partial charge in [-0.25, -0.2) is 8.42 Å². The number of nitrogens with one attached hydrogen (secondary N) is 1. The van der Waals surface area contributed by atoms with Crippen LogP contribution in [0.4, 0.5) is 11.4 Å². The van der Waals surface area contributed by atoms with Gasteiger partial charge in [0.25, 0.3) is 10.0 Å². The third-order valence-corrected chi connectivity index (χ3v) is 6.16. The zero-order valence-electron chi connectivity index (χ0n) is 16.0. The van der Waals surface area contributed by atoms with E-state index in [4.69, 9.17) is 4.74 Å². The largest absolute Gasteiger partial charge is 0.496 e. The number of hydrogen-bond acceptors (Lipinski definition) is 4. The van der Waals surface area contributed by atoms with Crippen LogP contribution in [-0.2, 0) is 21.2 Å². The fraction of sp³-hybridized carbons (Fsp3) is 0.350. The second-order valence-electron chi connectivity index (χ2n) is 6.68. The van der Waals surface area contributed by atoms with E-state index >= 15 is 0 Å². The van der Waals surface area contributed by atoms with E-state index in [1.807, 2.05) is 26.8 Å². The van der Waals surface area contributed by atoms with E-state index in [9.17, 15) is 13.2 Å². The molecule has 7 heteroatoms. The fourth-order valence-corrected chi connectivity index (χ4v) is 4.79. The summed E-state index contributed by atoms with van der Waals surface area (Å²) in [5.74, 6) is 0.787. The highest BCUT2D eigenvalue weighted by Crippen LogP contribution is 2.32. The summed E-state index contributed by atoms with van der Waals surface area (Å²) in [6.45, 7) is 6.17.